The van der Waals surface area contributed by atoms with Gasteiger partial charge in [0, 0.05) is 12.6 Å². The van der Waals surface area contributed by atoms with Crippen LogP contribution in [0.3, 0.4) is 0 Å². The van der Waals surface area contributed by atoms with Gasteiger partial charge in [-0.3, -0.25) is 4.68 Å². The Morgan fingerprint density at radius 1 is 1.47 bits per heavy atom. The van der Waals surface area contributed by atoms with Crippen LogP contribution in [0.15, 0.2) is 18.2 Å². The predicted octanol–water partition coefficient (Wildman–Crippen LogP) is 2.59. The number of aliphatic hydroxyl groups excluding tert-OH is 1. The van der Waals surface area contributed by atoms with Crippen LogP contribution in [0.1, 0.15) is 16.8 Å². The van der Waals surface area contributed by atoms with Gasteiger partial charge >= 0.3 is 0 Å². The molecule has 0 radical (unpaired) electrons. The van der Waals surface area contributed by atoms with Crippen molar-refractivity contribution in [1.82, 2.24) is 9.78 Å². The van der Waals surface area contributed by atoms with E-state index in [1.54, 1.807) is 17.8 Å². The van der Waals surface area contributed by atoms with Crippen molar-refractivity contribution in [3.63, 3.8) is 0 Å². The van der Waals surface area contributed by atoms with Crippen LogP contribution in [-0.2, 0) is 20.3 Å². The lowest BCUT2D eigenvalue weighted by Gasteiger charge is -2.08. The van der Waals surface area contributed by atoms with Crippen LogP contribution in [0, 0.1) is 12.7 Å². The monoisotopic (exact) mass is 284 g/mol. The van der Waals surface area contributed by atoms with Gasteiger partial charge in [0.2, 0.25) is 0 Å². The van der Waals surface area contributed by atoms with Crippen LogP contribution in [0.4, 0.5) is 4.39 Å². The van der Waals surface area contributed by atoms with Crippen molar-refractivity contribution in [2.75, 3.05) is 0 Å². The smallest absolute Gasteiger partial charge is 0.165 e. The zero-order valence-electron chi connectivity index (χ0n) is 10.7. The normalized spacial score (nSPS) is 10.8. The second-order valence-electron chi connectivity index (χ2n) is 4.19. The molecular weight excluding hydrogens is 271 g/mol. The third-order valence-corrected chi connectivity index (χ3v) is 3.29. The molecule has 0 aliphatic rings. The van der Waals surface area contributed by atoms with Crippen LogP contribution in [0.5, 0.6) is 5.75 Å². The highest BCUT2D eigenvalue weighted by atomic mass is 35.5. The van der Waals surface area contributed by atoms with Crippen LogP contribution in [-0.4, -0.2) is 14.9 Å². The van der Waals surface area contributed by atoms with E-state index in [2.05, 4.69) is 5.10 Å². The molecule has 1 aromatic heterocycles. The molecule has 2 aromatic rings. The summed E-state index contributed by atoms with van der Waals surface area (Å²) in [6, 6.07) is 4.34. The maximum atomic E-state index is 13.7. The predicted molar refractivity (Wildman–Crippen MR) is 69.6 cm³/mol. The molecule has 0 fully saturated rings. The average molecular weight is 285 g/mol. The van der Waals surface area contributed by atoms with Crippen LogP contribution < -0.4 is 4.74 Å². The molecule has 0 unspecified atom stereocenters. The van der Waals surface area contributed by atoms with E-state index in [1.165, 1.54) is 12.1 Å². The van der Waals surface area contributed by atoms with E-state index in [-0.39, 0.29) is 19.0 Å². The van der Waals surface area contributed by atoms with Gasteiger partial charge in [0.1, 0.15) is 11.8 Å². The van der Waals surface area contributed by atoms with Crippen molar-refractivity contribution >= 4 is 11.6 Å². The van der Waals surface area contributed by atoms with E-state index >= 15 is 0 Å². The quantitative estimate of drug-likeness (QED) is 0.939. The Balaban J connectivity index is 2.14. The molecule has 1 heterocycles. The van der Waals surface area contributed by atoms with Gasteiger partial charge in [-0.25, -0.2) is 4.39 Å². The lowest BCUT2D eigenvalue weighted by molar-refractivity contribution is 0.276. The third kappa shape index (κ3) is 2.88. The molecule has 0 aliphatic heterocycles. The number of ether oxygens (including phenoxy) is 1. The SMILES string of the molecule is Cc1nn(C)c(Cl)c1COc1ccc(CO)cc1F. The Labute approximate surface area is 115 Å². The minimum atomic E-state index is -0.510. The molecule has 0 aliphatic carbocycles. The van der Waals surface area contributed by atoms with Gasteiger partial charge < -0.3 is 9.84 Å². The van der Waals surface area contributed by atoms with Crippen LogP contribution in [0.25, 0.3) is 0 Å². The van der Waals surface area contributed by atoms with E-state index < -0.39 is 5.82 Å². The summed E-state index contributed by atoms with van der Waals surface area (Å²) in [5.41, 5.74) is 1.98. The highest BCUT2D eigenvalue weighted by molar-refractivity contribution is 6.30. The standard InChI is InChI=1S/C13H14ClFN2O2/c1-8-10(13(14)17(2)16-8)7-19-12-4-3-9(6-18)5-11(12)15/h3-5,18H,6-7H2,1-2H3. The summed E-state index contributed by atoms with van der Waals surface area (Å²) in [5, 5.41) is 13.5. The Morgan fingerprint density at radius 2 is 2.21 bits per heavy atom. The van der Waals surface area contributed by atoms with Gasteiger partial charge in [-0.2, -0.15) is 5.10 Å². The van der Waals surface area contributed by atoms with Gasteiger partial charge in [-0.05, 0) is 24.6 Å². The van der Waals surface area contributed by atoms with Gasteiger partial charge in [0.25, 0.3) is 0 Å². The fraction of sp³-hybridized carbons (Fsp3) is 0.308. The molecule has 6 heteroatoms. The molecule has 0 atom stereocenters. The molecule has 0 saturated heterocycles. The first-order chi connectivity index (χ1) is 9.02. The summed E-state index contributed by atoms with van der Waals surface area (Å²) in [6.45, 7) is 1.76. The maximum Gasteiger partial charge on any atom is 0.165 e. The van der Waals surface area contributed by atoms with Gasteiger partial charge in [0.15, 0.2) is 11.6 Å². The number of benzene rings is 1. The van der Waals surface area contributed by atoms with E-state index in [0.717, 1.165) is 11.3 Å². The number of aliphatic hydroxyl groups is 1. The van der Waals surface area contributed by atoms with E-state index in [1.807, 2.05) is 6.92 Å². The van der Waals surface area contributed by atoms with E-state index in [9.17, 15) is 4.39 Å². The first-order valence-electron chi connectivity index (χ1n) is 5.73. The first kappa shape index (κ1) is 13.8. The minimum Gasteiger partial charge on any atom is -0.486 e. The Morgan fingerprint density at radius 3 is 2.74 bits per heavy atom. The summed E-state index contributed by atoms with van der Waals surface area (Å²) < 4.78 is 20.6. The molecule has 19 heavy (non-hydrogen) atoms. The third-order valence-electron chi connectivity index (χ3n) is 2.82. The van der Waals surface area contributed by atoms with Crippen molar-refractivity contribution in [2.24, 2.45) is 7.05 Å². The molecule has 0 saturated carbocycles. The summed E-state index contributed by atoms with van der Waals surface area (Å²) in [4.78, 5) is 0. The number of aryl methyl sites for hydroxylation is 2. The second kappa shape index (κ2) is 5.59. The molecule has 1 N–H and O–H groups in total. The molecule has 4 nitrogen and oxygen atoms in total. The number of nitrogens with zero attached hydrogens (tertiary/aromatic N) is 2. The van der Waals surface area contributed by atoms with Crippen LogP contribution >= 0.6 is 11.6 Å². The van der Waals surface area contributed by atoms with Crippen LogP contribution in [0.2, 0.25) is 5.15 Å². The largest absolute Gasteiger partial charge is 0.486 e. The van der Waals surface area contributed by atoms with Gasteiger partial charge in [0.05, 0.1) is 12.3 Å². The molecular formula is C13H14ClFN2O2. The minimum absolute atomic E-state index is 0.122. The van der Waals surface area contributed by atoms with Crippen molar-refractivity contribution in [1.29, 1.82) is 0 Å². The summed E-state index contributed by atoms with van der Waals surface area (Å²) in [6.07, 6.45) is 0. The molecule has 0 bridgehead atoms. The van der Waals surface area contributed by atoms with E-state index in [4.69, 9.17) is 21.4 Å². The number of halogens is 2. The Bertz CT molecular complexity index is 599. The maximum absolute atomic E-state index is 13.7. The Kier molecular flexibility index (Phi) is 4.07. The van der Waals surface area contributed by atoms with Crippen molar-refractivity contribution in [3.8, 4) is 5.75 Å². The zero-order chi connectivity index (χ0) is 14.0. The average Bonchev–Trinajstić information content (AvgIpc) is 2.62. The number of rotatable bonds is 4. The zero-order valence-corrected chi connectivity index (χ0v) is 11.4. The molecule has 102 valence electrons. The van der Waals surface area contributed by atoms with Crippen molar-refractivity contribution < 1.29 is 14.2 Å². The number of hydrogen-bond acceptors (Lipinski definition) is 3. The lowest BCUT2D eigenvalue weighted by Crippen LogP contribution is -1.99. The Hall–Kier alpha value is -1.59. The van der Waals surface area contributed by atoms with Gasteiger partial charge in [-0.15, -0.1) is 0 Å². The summed E-state index contributed by atoms with van der Waals surface area (Å²) in [5.74, 6) is -0.388. The first-order valence-corrected chi connectivity index (χ1v) is 6.10. The molecule has 2 rings (SSSR count). The van der Waals surface area contributed by atoms with Crippen molar-refractivity contribution in [2.45, 2.75) is 20.1 Å². The highest BCUT2D eigenvalue weighted by Crippen LogP contribution is 2.23. The fourth-order valence-corrected chi connectivity index (χ4v) is 1.98. The fourth-order valence-electron chi connectivity index (χ4n) is 1.75. The van der Waals surface area contributed by atoms with Gasteiger partial charge in [-0.1, -0.05) is 17.7 Å². The topological polar surface area (TPSA) is 47.3 Å². The second-order valence-corrected chi connectivity index (χ2v) is 4.55. The molecule has 0 amide bonds. The highest BCUT2D eigenvalue weighted by Gasteiger charge is 2.13. The molecule has 0 spiro atoms. The molecule has 1 aromatic carbocycles. The summed E-state index contributed by atoms with van der Waals surface area (Å²) in [7, 11) is 1.73. The van der Waals surface area contributed by atoms with Crippen molar-refractivity contribution in [3.05, 3.63) is 46.0 Å². The lowest BCUT2D eigenvalue weighted by atomic mass is 10.2. The number of aromatic nitrogens is 2. The van der Waals surface area contributed by atoms with E-state index in [0.29, 0.717) is 10.7 Å². The summed E-state index contributed by atoms with van der Waals surface area (Å²) >= 11 is 6.06. The number of hydrogen-bond donors (Lipinski definition) is 1.